The lowest BCUT2D eigenvalue weighted by Crippen LogP contribution is -2.12. The van der Waals surface area contributed by atoms with Crippen LogP contribution in [0.15, 0.2) is 52.9 Å². The molecular formula is C20H17N3O8. The predicted molar refractivity (Wildman–Crippen MR) is 108 cm³/mol. The van der Waals surface area contributed by atoms with E-state index in [0.717, 1.165) is 12.1 Å². The average molecular weight is 427 g/mol. The molecule has 31 heavy (non-hydrogen) atoms. The molecule has 0 atom stereocenters. The Morgan fingerprint density at radius 2 is 1.68 bits per heavy atom. The third-order valence-corrected chi connectivity index (χ3v) is 4.31. The number of benzene rings is 2. The predicted octanol–water partition coefficient (Wildman–Crippen LogP) is 4.24. The molecule has 1 amide bonds. The third kappa shape index (κ3) is 4.96. The van der Waals surface area contributed by atoms with E-state index < -0.39 is 27.1 Å². The molecule has 0 aliphatic heterocycles. The van der Waals surface area contributed by atoms with Crippen molar-refractivity contribution in [2.75, 3.05) is 12.4 Å². The van der Waals surface area contributed by atoms with Gasteiger partial charge in [-0.2, -0.15) is 0 Å². The van der Waals surface area contributed by atoms with E-state index in [0.29, 0.717) is 17.3 Å². The number of hydrogen-bond acceptors (Lipinski definition) is 8. The van der Waals surface area contributed by atoms with Crippen LogP contribution in [0.1, 0.15) is 21.9 Å². The summed E-state index contributed by atoms with van der Waals surface area (Å²) >= 11 is 0. The van der Waals surface area contributed by atoms with Crippen molar-refractivity contribution in [1.29, 1.82) is 0 Å². The van der Waals surface area contributed by atoms with Gasteiger partial charge in [0.05, 0.1) is 22.6 Å². The van der Waals surface area contributed by atoms with E-state index in [2.05, 4.69) is 5.32 Å². The summed E-state index contributed by atoms with van der Waals surface area (Å²) < 4.78 is 16.1. The van der Waals surface area contributed by atoms with Crippen LogP contribution >= 0.6 is 0 Å². The van der Waals surface area contributed by atoms with Gasteiger partial charge < -0.3 is 19.2 Å². The molecule has 1 aromatic heterocycles. The lowest BCUT2D eigenvalue weighted by atomic mass is 10.1. The Kier molecular flexibility index (Phi) is 6.15. The van der Waals surface area contributed by atoms with Gasteiger partial charge in [0, 0.05) is 18.2 Å². The number of nitro benzene ring substituents is 2. The van der Waals surface area contributed by atoms with Crippen molar-refractivity contribution >= 4 is 23.0 Å². The zero-order chi connectivity index (χ0) is 22.5. The van der Waals surface area contributed by atoms with Gasteiger partial charge >= 0.3 is 0 Å². The first-order chi connectivity index (χ1) is 14.8. The first-order valence-electron chi connectivity index (χ1n) is 8.89. The fraction of sp³-hybridized carbons (Fsp3) is 0.150. The molecule has 0 bridgehead atoms. The summed E-state index contributed by atoms with van der Waals surface area (Å²) in [4.78, 5) is 33.3. The summed E-state index contributed by atoms with van der Waals surface area (Å²) in [7, 11) is 1.54. The fourth-order valence-electron chi connectivity index (χ4n) is 2.75. The van der Waals surface area contributed by atoms with E-state index in [-0.39, 0.29) is 23.6 Å². The van der Waals surface area contributed by atoms with Gasteiger partial charge in [-0.05, 0) is 31.2 Å². The van der Waals surface area contributed by atoms with Crippen LogP contribution in [-0.2, 0) is 6.61 Å². The number of rotatable bonds is 8. The molecule has 3 rings (SSSR count). The second-order valence-corrected chi connectivity index (χ2v) is 6.34. The number of anilines is 1. The molecule has 160 valence electrons. The average Bonchev–Trinajstić information content (AvgIpc) is 3.22. The third-order valence-electron chi connectivity index (χ3n) is 4.31. The maximum atomic E-state index is 12.4. The highest BCUT2D eigenvalue weighted by Crippen LogP contribution is 2.32. The van der Waals surface area contributed by atoms with E-state index in [1.54, 1.807) is 24.3 Å². The van der Waals surface area contributed by atoms with E-state index >= 15 is 0 Å². The highest BCUT2D eigenvalue weighted by Gasteiger charge is 2.24. The molecule has 1 heterocycles. The van der Waals surface area contributed by atoms with Gasteiger partial charge in [0.1, 0.15) is 29.4 Å². The second-order valence-electron chi connectivity index (χ2n) is 6.34. The van der Waals surface area contributed by atoms with Crippen molar-refractivity contribution in [2.24, 2.45) is 0 Å². The summed E-state index contributed by atoms with van der Waals surface area (Å²) in [5, 5.41) is 24.7. The largest absolute Gasteiger partial charge is 0.497 e. The second kappa shape index (κ2) is 8.95. The minimum absolute atomic E-state index is 0.0436. The Bertz CT molecular complexity index is 1120. The van der Waals surface area contributed by atoms with Gasteiger partial charge in [-0.15, -0.1) is 0 Å². The van der Waals surface area contributed by atoms with Crippen LogP contribution < -0.4 is 14.8 Å². The molecule has 11 heteroatoms. The van der Waals surface area contributed by atoms with Gasteiger partial charge in [-0.1, -0.05) is 6.07 Å². The topological polar surface area (TPSA) is 147 Å². The van der Waals surface area contributed by atoms with Crippen LogP contribution in [-0.4, -0.2) is 22.9 Å². The van der Waals surface area contributed by atoms with Crippen LogP contribution in [0, 0.1) is 27.2 Å². The van der Waals surface area contributed by atoms with Gasteiger partial charge in [0.25, 0.3) is 17.3 Å². The SMILES string of the molecule is COc1cccc(OCc2ccc(C(=O)Nc3cc([N+](=O)[O-])c(C)c([N+](=O)[O-])c3)o2)c1. The highest BCUT2D eigenvalue weighted by molar-refractivity contribution is 6.02. The van der Waals surface area contributed by atoms with Gasteiger partial charge in [-0.25, -0.2) is 0 Å². The Hall–Kier alpha value is -4.41. The van der Waals surface area contributed by atoms with Crippen molar-refractivity contribution < 1.29 is 28.5 Å². The van der Waals surface area contributed by atoms with E-state index in [9.17, 15) is 25.0 Å². The number of methoxy groups -OCH3 is 1. The lowest BCUT2D eigenvalue weighted by Gasteiger charge is -2.07. The van der Waals surface area contributed by atoms with Gasteiger partial charge in [-0.3, -0.25) is 25.0 Å². The number of amides is 1. The summed E-state index contributed by atoms with van der Waals surface area (Å²) in [5.41, 5.74) is -1.16. The number of furan rings is 1. The maximum absolute atomic E-state index is 12.4. The molecule has 0 spiro atoms. The smallest absolute Gasteiger partial charge is 0.291 e. The zero-order valence-corrected chi connectivity index (χ0v) is 16.5. The van der Waals surface area contributed by atoms with Crippen molar-refractivity contribution in [3.63, 3.8) is 0 Å². The van der Waals surface area contributed by atoms with Crippen LogP contribution in [0.25, 0.3) is 0 Å². The Morgan fingerprint density at radius 1 is 1.03 bits per heavy atom. The zero-order valence-electron chi connectivity index (χ0n) is 16.5. The number of carbonyl (C=O) groups is 1. The number of ether oxygens (including phenoxy) is 2. The van der Waals surface area contributed by atoms with Crippen molar-refractivity contribution in [3.05, 3.63) is 85.8 Å². The van der Waals surface area contributed by atoms with E-state index in [1.807, 2.05) is 0 Å². The summed E-state index contributed by atoms with van der Waals surface area (Å²) in [6.07, 6.45) is 0. The lowest BCUT2D eigenvalue weighted by molar-refractivity contribution is -0.395. The molecule has 3 aromatic rings. The van der Waals surface area contributed by atoms with E-state index in [4.69, 9.17) is 13.9 Å². The maximum Gasteiger partial charge on any atom is 0.291 e. The number of carbonyl (C=O) groups excluding carboxylic acids is 1. The number of nitrogens with one attached hydrogen (secondary N) is 1. The number of nitrogens with zero attached hydrogens (tertiary/aromatic N) is 2. The van der Waals surface area contributed by atoms with E-state index in [1.165, 1.54) is 26.2 Å². The first kappa shape index (κ1) is 21.3. The Balaban J connectivity index is 1.72. The Labute approximate surface area is 175 Å². The molecule has 2 aromatic carbocycles. The van der Waals surface area contributed by atoms with Crippen LogP contribution in [0.2, 0.25) is 0 Å². The molecule has 0 unspecified atom stereocenters. The molecule has 0 aliphatic rings. The van der Waals surface area contributed by atoms with Crippen molar-refractivity contribution in [2.45, 2.75) is 13.5 Å². The van der Waals surface area contributed by atoms with Gasteiger partial charge in [0.2, 0.25) is 0 Å². The van der Waals surface area contributed by atoms with Crippen LogP contribution in [0.4, 0.5) is 17.1 Å². The minimum Gasteiger partial charge on any atom is -0.497 e. The van der Waals surface area contributed by atoms with Crippen molar-refractivity contribution in [1.82, 2.24) is 0 Å². The summed E-state index contributed by atoms with van der Waals surface area (Å²) in [6, 6.07) is 12.0. The highest BCUT2D eigenvalue weighted by atomic mass is 16.6. The normalized spacial score (nSPS) is 10.4. The Morgan fingerprint density at radius 3 is 2.29 bits per heavy atom. The standard InChI is InChI=1S/C20H17N3O8/c1-12-17(22(25)26)8-13(9-18(12)23(27)28)21-20(24)19-7-6-16(31-19)11-30-15-5-3-4-14(10-15)29-2/h3-10H,11H2,1-2H3,(H,21,24). The van der Waals surface area contributed by atoms with Gasteiger partial charge in [0.15, 0.2) is 5.76 Å². The summed E-state index contributed by atoms with van der Waals surface area (Å²) in [5.74, 6) is 0.711. The van der Waals surface area contributed by atoms with Crippen LogP contribution in [0.5, 0.6) is 11.5 Å². The molecule has 1 N–H and O–H groups in total. The molecule has 0 fully saturated rings. The molecule has 0 saturated heterocycles. The summed E-state index contributed by atoms with van der Waals surface area (Å²) in [6.45, 7) is 1.31. The number of hydrogen-bond donors (Lipinski definition) is 1. The van der Waals surface area contributed by atoms with Crippen molar-refractivity contribution in [3.8, 4) is 11.5 Å². The monoisotopic (exact) mass is 427 g/mol. The molecule has 0 radical (unpaired) electrons. The number of nitro groups is 2. The fourth-order valence-corrected chi connectivity index (χ4v) is 2.75. The molecule has 0 aliphatic carbocycles. The first-order valence-corrected chi connectivity index (χ1v) is 8.89. The molecule has 11 nitrogen and oxygen atoms in total. The molecular weight excluding hydrogens is 410 g/mol. The quantitative estimate of drug-likeness (QED) is 0.414. The van der Waals surface area contributed by atoms with Crippen LogP contribution in [0.3, 0.4) is 0 Å². The minimum atomic E-state index is -0.751. The molecule has 0 saturated carbocycles.